The Morgan fingerprint density at radius 1 is 1.36 bits per heavy atom. The minimum Gasteiger partial charge on any atom is -0.313 e. The predicted molar refractivity (Wildman–Crippen MR) is 60.4 cm³/mol. The van der Waals surface area contributed by atoms with Gasteiger partial charge in [-0.05, 0) is 45.7 Å². The molecule has 2 heteroatoms. The summed E-state index contributed by atoms with van der Waals surface area (Å²) in [6.45, 7) is 2.44. The van der Waals surface area contributed by atoms with Crippen molar-refractivity contribution in [2.24, 2.45) is 0 Å². The highest BCUT2D eigenvalue weighted by Crippen LogP contribution is 2.16. The SMILES string of the molecule is CN(CC1CCCN1)C1C=CCCC1. The molecule has 1 aliphatic carbocycles. The first-order valence-electron chi connectivity index (χ1n) is 5.96. The van der Waals surface area contributed by atoms with Gasteiger partial charge in [0.25, 0.3) is 0 Å². The fraction of sp³-hybridized carbons (Fsp3) is 0.833. The average Bonchev–Trinajstić information content (AvgIpc) is 2.72. The van der Waals surface area contributed by atoms with Gasteiger partial charge in [0.2, 0.25) is 0 Å². The zero-order valence-electron chi connectivity index (χ0n) is 9.21. The summed E-state index contributed by atoms with van der Waals surface area (Å²) in [6, 6.07) is 1.45. The van der Waals surface area contributed by atoms with Crippen LogP contribution in [0.1, 0.15) is 32.1 Å². The lowest BCUT2D eigenvalue weighted by Gasteiger charge is -2.29. The molecule has 0 spiro atoms. The van der Waals surface area contributed by atoms with E-state index in [0.717, 1.165) is 6.04 Å². The zero-order chi connectivity index (χ0) is 9.80. The lowest BCUT2D eigenvalue weighted by Crippen LogP contribution is -2.40. The van der Waals surface area contributed by atoms with E-state index in [1.807, 2.05) is 0 Å². The molecule has 0 bridgehead atoms. The van der Waals surface area contributed by atoms with Crippen molar-refractivity contribution in [2.75, 3.05) is 20.1 Å². The van der Waals surface area contributed by atoms with Crippen LogP contribution in [0.25, 0.3) is 0 Å². The van der Waals surface area contributed by atoms with Gasteiger partial charge in [-0.25, -0.2) is 0 Å². The van der Waals surface area contributed by atoms with Gasteiger partial charge in [0.05, 0.1) is 0 Å². The lowest BCUT2D eigenvalue weighted by molar-refractivity contribution is 0.240. The van der Waals surface area contributed by atoms with Gasteiger partial charge in [0.1, 0.15) is 0 Å². The number of allylic oxidation sites excluding steroid dienone is 1. The number of rotatable bonds is 3. The Bertz CT molecular complexity index is 194. The Labute approximate surface area is 87.4 Å². The monoisotopic (exact) mass is 194 g/mol. The normalized spacial score (nSPS) is 32.7. The van der Waals surface area contributed by atoms with Gasteiger partial charge in [0, 0.05) is 18.6 Å². The molecule has 2 nitrogen and oxygen atoms in total. The fourth-order valence-electron chi connectivity index (χ4n) is 2.56. The molecule has 0 aromatic rings. The Morgan fingerprint density at radius 2 is 2.29 bits per heavy atom. The largest absolute Gasteiger partial charge is 0.313 e. The summed E-state index contributed by atoms with van der Waals surface area (Å²) in [7, 11) is 2.26. The second-order valence-electron chi connectivity index (χ2n) is 4.66. The molecule has 2 aliphatic rings. The third kappa shape index (κ3) is 2.58. The second-order valence-corrected chi connectivity index (χ2v) is 4.66. The maximum absolute atomic E-state index is 3.56. The van der Waals surface area contributed by atoms with Gasteiger partial charge in [-0.2, -0.15) is 0 Å². The third-order valence-electron chi connectivity index (χ3n) is 3.47. The quantitative estimate of drug-likeness (QED) is 0.689. The van der Waals surface area contributed by atoms with E-state index in [4.69, 9.17) is 0 Å². The molecule has 1 N–H and O–H groups in total. The fourth-order valence-corrected chi connectivity index (χ4v) is 2.56. The van der Waals surface area contributed by atoms with Crippen molar-refractivity contribution < 1.29 is 0 Å². The molecular formula is C12H22N2. The van der Waals surface area contributed by atoms with Crippen molar-refractivity contribution in [1.29, 1.82) is 0 Å². The number of likely N-dealkylation sites (N-methyl/N-ethyl adjacent to an activating group) is 1. The van der Waals surface area contributed by atoms with Crippen molar-refractivity contribution in [3.05, 3.63) is 12.2 Å². The van der Waals surface area contributed by atoms with Gasteiger partial charge < -0.3 is 5.32 Å². The maximum atomic E-state index is 3.56. The van der Waals surface area contributed by atoms with E-state index < -0.39 is 0 Å². The molecule has 0 aromatic carbocycles. The summed E-state index contributed by atoms with van der Waals surface area (Å²) in [4.78, 5) is 2.51. The molecule has 80 valence electrons. The molecule has 0 saturated carbocycles. The van der Waals surface area contributed by atoms with Crippen molar-refractivity contribution >= 4 is 0 Å². The summed E-state index contributed by atoms with van der Waals surface area (Å²) in [5.74, 6) is 0. The first-order chi connectivity index (χ1) is 6.86. The Balaban J connectivity index is 1.78. The van der Waals surface area contributed by atoms with Crippen LogP contribution in [0.15, 0.2) is 12.2 Å². The molecule has 1 aliphatic heterocycles. The van der Waals surface area contributed by atoms with Crippen LogP contribution in [0, 0.1) is 0 Å². The van der Waals surface area contributed by atoms with Crippen molar-refractivity contribution in [3.8, 4) is 0 Å². The van der Waals surface area contributed by atoms with E-state index in [0.29, 0.717) is 6.04 Å². The Hall–Kier alpha value is -0.340. The van der Waals surface area contributed by atoms with E-state index in [2.05, 4.69) is 29.4 Å². The van der Waals surface area contributed by atoms with Gasteiger partial charge in [0.15, 0.2) is 0 Å². The highest BCUT2D eigenvalue weighted by molar-refractivity contribution is 4.98. The van der Waals surface area contributed by atoms with Crippen LogP contribution in [-0.2, 0) is 0 Å². The minimum atomic E-state index is 0.700. The van der Waals surface area contributed by atoms with E-state index >= 15 is 0 Å². The molecule has 1 fully saturated rings. The third-order valence-corrected chi connectivity index (χ3v) is 3.47. The van der Waals surface area contributed by atoms with Crippen molar-refractivity contribution in [1.82, 2.24) is 10.2 Å². The molecule has 0 amide bonds. The molecule has 2 atom stereocenters. The molecule has 0 aromatic heterocycles. The molecule has 0 radical (unpaired) electrons. The van der Waals surface area contributed by atoms with Crippen LogP contribution >= 0.6 is 0 Å². The number of nitrogens with zero attached hydrogens (tertiary/aromatic N) is 1. The van der Waals surface area contributed by atoms with E-state index in [-0.39, 0.29) is 0 Å². The summed E-state index contributed by atoms with van der Waals surface area (Å²) in [6.07, 6.45) is 11.4. The number of hydrogen-bond acceptors (Lipinski definition) is 2. The van der Waals surface area contributed by atoms with Crippen LogP contribution in [0.3, 0.4) is 0 Å². The molecule has 1 heterocycles. The maximum Gasteiger partial charge on any atom is 0.0275 e. The lowest BCUT2D eigenvalue weighted by atomic mass is 10.0. The van der Waals surface area contributed by atoms with Crippen molar-refractivity contribution in [3.63, 3.8) is 0 Å². The summed E-state index contributed by atoms with van der Waals surface area (Å²) in [5, 5.41) is 3.56. The van der Waals surface area contributed by atoms with Crippen LogP contribution < -0.4 is 5.32 Å². The molecular weight excluding hydrogens is 172 g/mol. The van der Waals surface area contributed by atoms with Crippen LogP contribution in [0.2, 0.25) is 0 Å². The Morgan fingerprint density at radius 3 is 2.93 bits per heavy atom. The Kier molecular flexibility index (Phi) is 3.60. The standard InChI is InChI=1S/C12H22N2/c1-14(10-11-6-5-9-13-11)12-7-3-2-4-8-12/h3,7,11-13H,2,4-6,8-10H2,1H3. The highest BCUT2D eigenvalue weighted by atomic mass is 15.2. The van der Waals surface area contributed by atoms with E-state index in [1.165, 1.54) is 45.2 Å². The highest BCUT2D eigenvalue weighted by Gasteiger charge is 2.20. The molecule has 2 rings (SSSR count). The first-order valence-corrected chi connectivity index (χ1v) is 5.96. The van der Waals surface area contributed by atoms with Crippen LogP contribution in [-0.4, -0.2) is 37.1 Å². The molecule has 1 saturated heterocycles. The topological polar surface area (TPSA) is 15.3 Å². The van der Waals surface area contributed by atoms with Gasteiger partial charge in [-0.3, -0.25) is 4.90 Å². The number of nitrogens with one attached hydrogen (secondary N) is 1. The molecule has 14 heavy (non-hydrogen) atoms. The minimum absolute atomic E-state index is 0.700. The van der Waals surface area contributed by atoms with Gasteiger partial charge >= 0.3 is 0 Å². The number of hydrogen-bond donors (Lipinski definition) is 1. The van der Waals surface area contributed by atoms with Gasteiger partial charge in [-0.1, -0.05) is 12.2 Å². The summed E-state index contributed by atoms with van der Waals surface area (Å²) < 4.78 is 0. The summed E-state index contributed by atoms with van der Waals surface area (Å²) >= 11 is 0. The van der Waals surface area contributed by atoms with Crippen LogP contribution in [0.4, 0.5) is 0 Å². The average molecular weight is 194 g/mol. The second kappa shape index (κ2) is 4.94. The molecule has 2 unspecified atom stereocenters. The smallest absolute Gasteiger partial charge is 0.0275 e. The van der Waals surface area contributed by atoms with E-state index in [9.17, 15) is 0 Å². The van der Waals surface area contributed by atoms with Gasteiger partial charge in [-0.15, -0.1) is 0 Å². The predicted octanol–water partition coefficient (Wildman–Crippen LogP) is 1.78. The zero-order valence-corrected chi connectivity index (χ0v) is 9.21. The first kappa shape index (κ1) is 10.2. The van der Waals surface area contributed by atoms with Crippen LogP contribution in [0.5, 0.6) is 0 Å². The summed E-state index contributed by atoms with van der Waals surface area (Å²) in [5.41, 5.74) is 0. The van der Waals surface area contributed by atoms with Crippen molar-refractivity contribution in [2.45, 2.75) is 44.2 Å². The van der Waals surface area contributed by atoms with E-state index in [1.54, 1.807) is 0 Å².